The molecule has 5 rings (SSSR count). The molecule has 2 heteroatoms. The summed E-state index contributed by atoms with van der Waals surface area (Å²) in [4.78, 5) is 0. The zero-order chi connectivity index (χ0) is 24.3. The third kappa shape index (κ3) is 4.86. The summed E-state index contributed by atoms with van der Waals surface area (Å²) < 4.78 is 14.4. The van der Waals surface area contributed by atoms with Crippen molar-refractivity contribution in [3.63, 3.8) is 0 Å². The van der Waals surface area contributed by atoms with E-state index >= 15 is 0 Å². The predicted molar refractivity (Wildman–Crippen MR) is 143 cm³/mol. The van der Waals surface area contributed by atoms with Crippen molar-refractivity contribution >= 4 is 0 Å². The molecule has 5 aliphatic carbocycles. The second-order valence-electron chi connectivity index (χ2n) is 12.2. The highest BCUT2D eigenvalue weighted by Gasteiger charge is 2.55. The molecule has 0 aromatic rings. The lowest BCUT2D eigenvalue weighted by Gasteiger charge is -2.60. The number of allylic oxidation sites excluding steroid dienone is 3. The minimum Gasteiger partial charge on any atom is -0.378 e. The molecule has 0 bridgehead atoms. The third-order valence-corrected chi connectivity index (χ3v) is 10.7. The minimum atomic E-state index is -0.110. The van der Waals surface area contributed by atoms with Gasteiger partial charge in [0.2, 0.25) is 0 Å². The van der Waals surface area contributed by atoms with E-state index in [0.29, 0.717) is 16.9 Å². The Morgan fingerprint density at radius 2 is 1.79 bits per heavy atom. The van der Waals surface area contributed by atoms with Crippen LogP contribution in [0.5, 0.6) is 0 Å². The first-order chi connectivity index (χ1) is 16.5. The fraction of sp³-hybridized carbons (Fsp3) is 0.781. The van der Waals surface area contributed by atoms with Crippen LogP contribution in [0.1, 0.15) is 105 Å². The number of rotatable bonds is 4. The first kappa shape index (κ1) is 25.8. The summed E-state index contributed by atoms with van der Waals surface area (Å²) >= 11 is 0. The maximum Gasteiger partial charge on any atom is 0.128 e. The summed E-state index contributed by atoms with van der Waals surface area (Å²) in [6.07, 6.45) is 19.8. The molecule has 4 fully saturated rings. The zero-order valence-corrected chi connectivity index (χ0v) is 22.5. The fourth-order valence-electron chi connectivity index (χ4n) is 9.08. The molecule has 34 heavy (non-hydrogen) atoms. The molecule has 0 aromatic carbocycles. The Morgan fingerprint density at radius 3 is 2.56 bits per heavy atom. The van der Waals surface area contributed by atoms with E-state index in [1.54, 1.807) is 6.08 Å². The highest BCUT2D eigenvalue weighted by atomic mass is 19.1. The van der Waals surface area contributed by atoms with Gasteiger partial charge in [0.1, 0.15) is 5.83 Å². The summed E-state index contributed by atoms with van der Waals surface area (Å²) in [7, 11) is 0. The Balaban J connectivity index is 0.00000133. The minimum absolute atomic E-state index is 0.110. The van der Waals surface area contributed by atoms with Gasteiger partial charge in [0.15, 0.2) is 0 Å². The maximum atomic E-state index is 14.4. The Morgan fingerprint density at radius 1 is 1.03 bits per heavy atom. The van der Waals surface area contributed by atoms with Crippen LogP contribution >= 0.6 is 0 Å². The van der Waals surface area contributed by atoms with Crippen molar-refractivity contribution in [2.45, 2.75) is 105 Å². The Kier molecular flexibility index (Phi) is 8.50. The van der Waals surface area contributed by atoms with Crippen LogP contribution in [0.2, 0.25) is 0 Å². The number of nitrogens with one attached hydrogen (secondary N) is 1. The van der Waals surface area contributed by atoms with E-state index < -0.39 is 0 Å². The highest BCUT2D eigenvalue weighted by Crippen LogP contribution is 2.63. The third-order valence-electron chi connectivity index (χ3n) is 10.7. The summed E-state index contributed by atoms with van der Waals surface area (Å²) in [5, 5.41) is 3.61. The molecule has 5 aliphatic rings. The molecule has 0 radical (unpaired) electrons. The van der Waals surface area contributed by atoms with Crippen LogP contribution in [0, 0.1) is 46.8 Å². The van der Waals surface area contributed by atoms with Crippen molar-refractivity contribution in [3.05, 3.63) is 41.6 Å². The predicted octanol–water partition coefficient (Wildman–Crippen LogP) is 9.14. The number of halogens is 1. The monoisotopic (exact) mass is 467 g/mol. The van der Waals surface area contributed by atoms with Crippen LogP contribution in [0.15, 0.2) is 41.6 Å². The molecule has 190 valence electrons. The summed E-state index contributed by atoms with van der Waals surface area (Å²) in [6, 6.07) is 0. The SMILES string of the molecule is C=C=C(NCC1CCCC2C3CCC4CC(C)CCC4C3CCC12C)C1=CCCC=C1F.CC. The summed E-state index contributed by atoms with van der Waals surface area (Å²) in [6.45, 7) is 13.9. The number of hydrogen-bond donors (Lipinski definition) is 1. The van der Waals surface area contributed by atoms with E-state index in [9.17, 15) is 4.39 Å². The van der Waals surface area contributed by atoms with E-state index in [1.807, 2.05) is 19.9 Å². The van der Waals surface area contributed by atoms with Crippen molar-refractivity contribution in [1.29, 1.82) is 0 Å². The average Bonchev–Trinajstić information content (AvgIpc) is 2.86. The molecule has 8 atom stereocenters. The quantitative estimate of drug-likeness (QED) is 0.406. The number of hydrogen-bond acceptors (Lipinski definition) is 1. The van der Waals surface area contributed by atoms with Crippen LogP contribution in [0.25, 0.3) is 0 Å². The van der Waals surface area contributed by atoms with Crippen LogP contribution in [-0.4, -0.2) is 6.54 Å². The van der Waals surface area contributed by atoms with Gasteiger partial charge in [-0.2, -0.15) is 0 Å². The van der Waals surface area contributed by atoms with E-state index in [2.05, 4.69) is 31.5 Å². The fourth-order valence-corrected chi connectivity index (χ4v) is 9.08. The lowest BCUT2D eigenvalue weighted by molar-refractivity contribution is -0.108. The van der Waals surface area contributed by atoms with Crippen LogP contribution in [0.4, 0.5) is 4.39 Å². The first-order valence-electron chi connectivity index (χ1n) is 14.7. The van der Waals surface area contributed by atoms with E-state index in [4.69, 9.17) is 0 Å². The van der Waals surface area contributed by atoms with Crippen molar-refractivity contribution < 1.29 is 4.39 Å². The average molecular weight is 468 g/mol. The lowest BCUT2D eigenvalue weighted by Crippen LogP contribution is -2.54. The molecule has 0 aromatic heterocycles. The molecule has 0 amide bonds. The molecule has 1 N–H and O–H groups in total. The van der Waals surface area contributed by atoms with Gasteiger partial charge in [-0.1, -0.05) is 53.2 Å². The van der Waals surface area contributed by atoms with Crippen molar-refractivity contribution in [2.75, 3.05) is 6.54 Å². The van der Waals surface area contributed by atoms with Crippen molar-refractivity contribution in [2.24, 2.45) is 46.8 Å². The standard InChI is InChI=1S/C30H44FN.C2H6/c1-4-29(26-9-5-6-11-28(26)31)32-19-22-8-7-10-27-25-15-13-21-18-20(2)12-14-23(21)24(25)16-17-30(22,27)3;1-2/h9,11,20-25,27,32H,1,5-8,10,12-19H2,2-3H3;1-2H3. The van der Waals surface area contributed by atoms with Crippen LogP contribution < -0.4 is 5.32 Å². The van der Waals surface area contributed by atoms with Gasteiger partial charge in [-0.15, -0.1) is 5.73 Å². The van der Waals surface area contributed by atoms with E-state index in [-0.39, 0.29) is 5.83 Å². The summed E-state index contributed by atoms with van der Waals surface area (Å²) in [5.74, 6) is 6.42. The molecule has 0 spiro atoms. The molecular weight excluding hydrogens is 417 g/mol. The highest BCUT2D eigenvalue weighted by molar-refractivity contribution is 5.43. The molecule has 0 aliphatic heterocycles. The number of fused-ring (bicyclic) bond motifs is 5. The second-order valence-corrected chi connectivity index (χ2v) is 12.2. The van der Waals surface area contributed by atoms with Gasteiger partial charge in [-0.3, -0.25) is 0 Å². The van der Waals surface area contributed by atoms with Crippen LogP contribution in [0.3, 0.4) is 0 Å². The van der Waals surface area contributed by atoms with Crippen LogP contribution in [-0.2, 0) is 0 Å². The van der Waals surface area contributed by atoms with E-state index in [0.717, 1.165) is 60.6 Å². The van der Waals surface area contributed by atoms with Gasteiger partial charge in [0.05, 0.1) is 5.70 Å². The lowest BCUT2D eigenvalue weighted by atomic mass is 9.45. The molecule has 0 saturated heterocycles. The zero-order valence-electron chi connectivity index (χ0n) is 22.5. The van der Waals surface area contributed by atoms with Gasteiger partial charge in [-0.25, -0.2) is 4.39 Å². The van der Waals surface area contributed by atoms with Gasteiger partial charge in [0.25, 0.3) is 0 Å². The smallest absolute Gasteiger partial charge is 0.128 e. The maximum absolute atomic E-state index is 14.4. The molecule has 8 unspecified atom stereocenters. The van der Waals surface area contributed by atoms with Crippen molar-refractivity contribution in [1.82, 2.24) is 5.32 Å². The Bertz CT molecular complexity index is 817. The second kappa shape index (κ2) is 11.2. The van der Waals surface area contributed by atoms with Gasteiger partial charge >= 0.3 is 0 Å². The molecular formula is C32H50FN. The van der Waals surface area contributed by atoms with Gasteiger partial charge in [0, 0.05) is 12.1 Å². The van der Waals surface area contributed by atoms with Gasteiger partial charge < -0.3 is 5.32 Å². The Hall–Kier alpha value is -1.27. The normalized spacial score (nSPS) is 41.1. The molecule has 4 saturated carbocycles. The summed E-state index contributed by atoms with van der Waals surface area (Å²) in [5.41, 5.74) is 4.90. The Labute approximate surface area is 209 Å². The largest absolute Gasteiger partial charge is 0.378 e. The first-order valence-corrected chi connectivity index (χ1v) is 14.7. The van der Waals surface area contributed by atoms with E-state index in [1.165, 1.54) is 64.2 Å². The van der Waals surface area contributed by atoms with Gasteiger partial charge in [-0.05, 0) is 117 Å². The topological polar surface area (TPSA) is 12.0 Å². The molecule has 0 heterocycles. The molecule has 1 nitrogen and oxygen atoms in total. The van der Waals surface area contributed by atoms with Crippen molar-refractivity contribution in [3.8, 4) is 0 Å².